The molecule has 5 nitrogen and oxygen atoms in total. The van der Waals surface area contributed by atoms with Crippen molar-refractivity contribution in [2.45, 2.75) is 13.8 Å². The highest BCUT2D eigenvalue weighted by Gasteiger charge is 2.17. The van der Waals surface area contributed by atoms with Crippen molar-refractivity contribution in [2.75, 3.05) is 23.9 Å². The van der Waals surface area contributed by atoms with E-state index in [1.165, 1.54) is 18.9 Å². The van der Waals surface area contributed by atoms with Gasteiger partial charge in [-0.05, 0) is 48.9 Å². The number of benzene rings is 2. The van der Waals surface area contributed by atoms with E-state index in [0.717, 1.165) is 5.56 Å². The molecule has 1 N–H and O–H groups in total. The Bertz CT molecular complexity index is 744. The maximum absolute atomic E-state index is 12.4. The van der Waals surface area contributed by atoms with Crippen molar-refractivity contribution in [1.29, 1.82) is 0 Å². The predicted octanol–water partition coefficient (Wildman–Crippen LogP) is 3.65. The molecule has 0 unspecified atom stereocenters. The van der Waals surface area contributed by atoms with Gasteiger partial charge in [-0.15, -0.1) is 0 Å². The van der Waals surface area contributed by atoms with Crippen LogP contribution in [0.4, 0.5) is 11.4 Å². The fourth-order valence-electron chi connectivity index (χ4n) is 2.26. The SMILES string of the molecule is COc1ccc(C)cc1NC(=O)CN(C(C)=O)c1ccc(Cl)cc1. The number of nitrogens with one attached hydrogen (secondary N) is 1. The highest BCUT2D eigenvalue weighted by molar-refractivity contribution is 6.30. The second-order valence-electron chi connectivity index (χ2n) is 5.33. The number of amides is 2. The van der Waals surface area contributed by atoms with Crippen molar-refractivity contribution < 1.29 is 14.3 Å². The molecule has 0 radical (unpaired) electrons. The normalized spacial score (nSPS) is 10.2. The molecule has 0 atom stereocenters. The molecule has 0 saturated heterocycles. The maximum Gasteiger partial charge on any atom is 0.244 e. The summed E-state index contributed by atoms with van der Waals surface area (Å²) in [5.41, 5.74) is 2.17. The predicted molar refractivity (Wildman–Crippen MR) is 95.8 cm³/mol. The average Bonchev–Trinajstić information content (AvgIpc) is 2.53. The van der Waals surface area contributed by atoms with Gasteiger partial charge in [0, 0.05) is 17.6 Å². The molecule has 0 bridgehead atoms. The van der Waals surface area contributed by atoms with Gasteiger partial charge >= 0.3 is 0 Å². The summed E-state index contributed by atoms with van der Waals surface area (Å²) in [4.78, 5) is 25.6. The first kappa shape index (κ1) is 17.8. The highest BCUT2D eigenvalue weighted by atomic mass is 35.5. The Morgan fingerprint density at radius 2 is 1.83 bits per heavy atom. The van der Waals surface area contributed by atoms with E-state index >= 15 is 0 Å². The lowest BCUT2D eigenvalue weighted by Crippen LogP contribution is -2.36. The van der Waals surface area contributed by atoms with Crippen molar-refractivity contribution in [3.8, 4) is 5.75 Å². The minimum absolute atomic E-state index is 0.103. The summed E-state index contributed by atoms with van der Waals surface area (Å²) in [5, 5.41) is 3.35. The molecule has 0 spiro atoms. The molecule has 0 aliphatic heterocycles. The van der Waals surface area contributed by atoms with E-state index in [2.05, 4.69) is 5.32 Å². The number of methoxy groups -OCH3 is 1. The number of aryl methyl sites for hydroxylation is 1. The van der Waals surface area contributed by atoms with Crippen LogP contribution in [-0.2, 0) is 9.59 Å². The standard InChI is InChI=1S/C18H19ClN2O3/c1-12-4-9-17(24-3)16(10-12)20-18(23)11-21(13(2)22)15-7-5-14(19)6-8-15/h4-10H,11H2,1-3H3,(H,20,23). The number of hydrogen-bond donors (Lipinski definition) is 1. The molecule has 6 heteroatoms. The maximum atomic E-state index is 12.4. The third-order valence-electron chi connectivity index (χ3n) is 3.45. The molecule has 126 valence electrons. The van der Waals surface area contributed by atoms with Gasteiger partial charge in [-0.25, -0.2) is 0 Å². The van der Waals surface area contributed by atoms with Crippen LogP contribution < -0.4 is 15.0 Å². The molecule has 24 heavy (non-hydrogen) atoms. The van der Waals surface area contributed by atoms with Crippen LogP contribution in [0.5, 0.6) is 5.75 Å². The number of hydrogen-bond acceptors (Lipinski definition) is 3. The lowest BCUT2D eigenvalue weighted by Gasteiger charge is -2.21. The van der Waals surface area contributed by atoms with Gasteiger partial charge in [-0.1, -0.05) is 17.7 Å². The molecular weight excluding hydrogens is 328 g/mol. The van der Waals surface area contributed by atoms with Crippen LogP contribution in [0.1, 0.15) is 12.5 Å². The van der Waals surface area contributed by atoms with Gasteiger partial charge in [0.15, 0.2) is 0 Å². The fraction of sp³-hybridized carbons (Fsp3) is 0.222. The van der Waals surface area contributed by atoms with Crippen LogP contribution in [0.3, 0.4) is 0 Å². The molecule has 0 aromatic heterocycles. The van der Waals surface area contributed by atoms with E-state index < -0.39 is 0 Å². The van der Waals surface area contributed by atoms with Crippen molar-refractivity contribution in [3.63, 3.8) is 0 Å². The van der Waals surface area contributed by atoms with Crippen LogP contribution in [0.25, 0.3) is 0 Å². The summed E-state index contributed by atoms with van der Waals surface area (Å²) in [7, 11) is 1.54. The van der Waals surface area contributed by atoms with Crippen molar-refractivity contribution in [2.24, 2.45) is 0 Å². The van der Waals surface area contributed by atoms with Crippen LogP contribution in [0.15, 0.2) is 42.5 Å². The molecule has 0 saturated carbocycles. The van der Waals surface area contributed by atoms with E-state index in [4.69, 9.17) is 16.3 Å². The number of carbonyl (C=O) groups is 2. The van der Waals surface area contributed by atoms with Gasteiger partial charge in [-0.3, -0.25) is 9.59 Å². The first-order valence-corrected chi connectivity index (χ1v) is 7.76. The van der Waals surface area contributed by atoms with Gasteiger partial charge in [-0.2, -0.15) is 0 Å². The van der Waals surface area contributed by atoms with Crippen LogP contribution in [-0.4, -0.2) is 25.5 Å². The second-order valence-corrected chi connectivity index (χ2v) is 5.77. The lowest BCUT2D eigenvalue weighted by molar-refractivity contribution is -0.120. The Morgan fingerprint density at radius 1 is 1.17 bits per heavy atom. The summed E-state index contributed by atoms with van der Waals surface area (Å²) in [6.45, 7) is 3.23. The smallest absolute Gasteiger partial charge is 0.244 e. The second kappa shape index (κ2) is 7.84. The largest absolute Gasteiger partial charge is 0.495 e. The lowest BCUT2D eigenvalue weighted by atomic mass is 10.2. The first-order valence-electron chi connectivity index (χ1n) is 7.39. The fourth-order valence-corrected chi connectivity index (χ4v) is 2.38. The van der Waals surface area contributed by atoms with Crippen LogP contribution >= 0.6 is 11.6 Å². The molecule has 0 aliphatic rings. The molecular formula is C18H19ClN2O3. The van der Waals surface area contributed by atoms with E-state index in [1.54, 1.807) is 30.3 Å². The molecule has 2 aromatic rings. The van der Waals surface area contributed by atoms with Crippen molar-refractivity contribution in [3.05, 3.63) is 53.1 Å². The van der Waals surface area contributed by atoms with E-state index in [0.29, 0.717) is 22.1 Å². The Kier molecular flexibility index (Phi) is 5.82. The average molecular weight is 347 g/mol. The molecule has 0 aliphatic carbocycles. The van der Waals surface area contributed by atoms with Gasteiger partial charge in [0.05, 0.1) is 12.8 Å². The molecule has 0 heterocycles. The Hall–Kier alpha value is -2.53. The zero-order valence-electron chi connectivity index (χ0n) is 13.8. The number of nitrogens with zero attached hydrogens (tertiary/aromatic N) is 1. The van der Waals surface area contributed by atoms with E-state index in [1.807, 2.05) is 19.1 Å². The minimum atomic E-state index is -0.316. The summed E-state index contributed by atoms with van der Waals surface area (Å²) < 4.78 is 5.24. The molecule has 2 rings (SSSR count). The van der Waals surface area contributed by atoms with Gasteiger partial charge < -0.3 is 15.0 Å². The van der Waals surface area contributed by atoms with E-state index in [-0.39, 0.29) is 18.4 Å². The van der Waals surface area contributed by atoms with Crippen molar-refractivity contribution >= 4 is 34.8 Å². The van der Waals surface area contributed by atoms with Gasteiger partial charge in [0.1, 0.15) is 12.3 Å². The highest BCUT2D eigenvalue weighted by Crippen LogP contribution is 2.25. The van der Waals surface area contributed by atoms with Gasteiger partial charge in [0.2, 0.25) is 11.8 Å². The van der Waals surface area contributed by atoms with Crippen molar-refractivity contribution in [1.82, 2.24) is 0 Å². The Labute approximate surface area is 146 Å². The summed E-state index contributed by atoms with van der Waals surface area (Å²) >= 11 is 5.86. The molecule has 0 fully saturated rings. The van der Waals surface area contributed by atoms with Gasteiger partial charge in [0.25, 0.3) is 0 Å². The Morgan fingerprint density at radius 3 is 2.42 bits per heavy atom. The number of carbonyl (C=O) groups excluding carboxylic acids is 2. The summed E-state index contributed by atoms with van der Waals surface area (Å²) in [5.74, 6) is 0.0162. The van der Waals surface area contributed by atoms with Crippen LogP contribution in [0.2, 0.25) is 5.02 Å². The summed E-state index contributed by atoms with van der Waals surface area (Å²) in [6, 6.07) is 12.2. The number of halogens is 1. The first-order chi connectivity index (χ1) is 11.4. The summed E-state index contributed by atoms with van der Waals surface area (Å²) in [6.07, 6.45) is 0. The number of ether oxygens (including phenoxy) is 1. The Balaban J connectivity index is 2.16. The topological polar surface area (TPSA) is 58.6 Å². The number of rotatable bonds is 5. The zero-order valence-corrected chi connectivity index (χ0v) is 14.6. The molecule has 2 amide bonds. The molecule has 2 aromatic carbocycles. The quantitative estimate of drug-likeness (QED) is 0.899. The number of anilines is 2. The zero-order chi connectivity index (χ0) is 17.7. The minimum Gasteiger partial charge on any atom is -0.495 e. The van der Waals surface area contributed by atoms with Crippen LogP contribution in [0, 0.1) is 6.92 Å². The monoisotopic (exact) mass is 346 g/mol. The third-order valence-corrected chi connectivity index (χ3v) is 3.70. The third kappa shape index (κ3) is 4.49. The van der Waals surface area contributed by atoms with E-state index in [9.17, 15) is 9.59 Å².